The zero-order valence-electron chi connectivity index (χ0n) is 10.3. The normalized spacial score (nSPS) is 10.1. The highest BCUT2D eigenvalue weighted by Gasteiger charge is 2.12. The largest absolute Gasteiger partial charge is 0.493 e. The van der Waals surface area contributed by atoms with Gasteiger partial charge in [0.15, 0.2) is 17.3 Å². The second-order valence-electron chi connectivity index (χ2n) is 3.71. The van der Waals surface area contributed by atoms with Crippen molar-refractivity contribution in [2.75, 3.05) is 14.2 Å². The molecule has 94 valence electrons. The van der Waals surface area contributed by atoms with Crippen LogP contribution in [0.5, 0.6) is 11.5 Å². The molecule has 0 aliphatic heterocycles. The topological polar surface area (TPSA) is 64.2 Å². The average Bonchev–Trinajstić information content (AvgIpc) is 2.90. The van der Waals surface area contributed by atoms with Crippen molar-refractivity contribution in [1.29, 1.82) is 0 Å². The Balaban J connectivity index is 2.20. The number of Topliss-reactive ketones (excluding diaryl/α,β-unsaturated/α-hetero) is 1. The number of carbonyl (C=O) groups is 1. The Morgan fingerprint density at radius 2 is 2.06 bits per heavy atom. The van der Waals surface area contributed by atoms with Crippen LogP contribution < -0.4 is 9.47 Å². The Hall–Kier alpha value is -2.30. The molecule has 0 atom stereocenters. The van der Waals surface area contributed by atoms with Crippen molar-refractivity contribution in [1.82, 2.24) is 9.97 Å². The number of ketones is 1. The van der Waals surface area contributed by atoms with Gasteiger partial charge in [-0.3, -0.25) is 4.79 Å². The van der Waals surface area contributed by atoms with Crippen molar-refractivity contribution in [3.8, 4) is 11.5 Å². The molecule has 0 saturated carbocycles. The zero-order chi connectivity index (χ0) is 13.0. The van der Waals surface area contributed by atoms with Gasteiger partial charge in [-0.25, -0.2) is 4.98 Å². The lowest BCUT2D eigenvalue weighted by Crippen LogP contribution is -2.05. The lowest BCUT2D eigenvalue weighted by molar-refractivity contribution is 0.0990. The van der Waals surface area contributed by atoms with Gasteiger partial charge in [0.05, 0.1) is 20.6 Å². The van der Waals surface area contributed by atoms with E-state index in [2.05, 4.69) is 9.97 Å². The smallest absolute Gasteiger partial charge is 0.170 e. The van der Waals surface area contributed by atoms with Gasteiger partial charge in [0.1, 0.15) is 5.82 Å². The number of nitrogens with zero attached hydrogens (tertiary/aromatic N) is 1. The van der Waals surface area contributed by atoms with E-state index in [1.54, 1.807) is 44.8 Å². The number of ether oxygens (including phenoxy) is 2. The summed E-state index contributed by atoms with van der Waals surface area (Å²) in [6.07, 6.45) is 3.55. The minimum Gasteiger partial charge on any atom is -0.493 e. The molecule has 0 saturated heterocycles. The van der Waals surface area contributed by atoms with E-state index in [4.69, 9.17) is 9.47 Å². The van der Waals surface area contributed by atoms with Gasteiger partial charge in [-0.1, -0.05) is 0 Å². The molecule has 5 nitrogen and oxygen atoms in total. The fourth-order valence-corrected chi connectivity index (χ4v) is 1.66. The van der Waals surface area contributed by atoms with Gasteiger partial charge in [-0.15, -0.1) is 0 Å². The number of hydrogen-bond donors (Lipinski definition) is 1. The van der Waals surface area contributed by atoms with Crippen LogP contribution in [0.1, 0.15) is 16.2 Å². The lowest BCUT2D eigenvalue weighted by atomic mass is 10.1. The number of carbonyl (C=O) groups excluding carboxylic acids is 1. The Kier molecular flexibility index (Phi) is 3.62. The Morgan fingerprint density at radius 3 is 2.67 bits per heavy atom. The maximum atomic E-state index is 12.0. The van der Waals surface area contributed by atoms with Crippen LogP contribution in [0.3, 0.4) is 0 Å². The third-order valence-corrected chi connectivity index (χ3v) is 2.59. The van der Waals surface area contributed by atoms with Gasteiger partial charge in [-0.05, 0) is 18.2 Å². The standard InChI is InChI=1S/C13H14N2O3/c1-17-11-4-3-9(7-12(11)18-2)10(16)8-13-14-5-6-15-13/h3-7H,8H2,1-2H3,(H,14,15). The molecule has 0 radical (unpaired) electrons. The first-order valence-electron chi connectivity index (χ1n) is 5.48. The van der Waals surface area contributed by atoms with Crippen molar-refractivity contribution in [2.24, 2.45) is 0 Å². The van der Waals surface area contributed by atoms with Gasteiger partial charge < -0.3 is 14.5 Å². The predicted octanol–water partition coefficient (Wildman–Crippen LogP) is 1.85. The molecule has 1 aromatic heterocycles. The number of H-pyrrole nitrogens is 1. The Morgan fingerprint density at radius 1 is 1.28 bits per heavy atom. The van der Waals surface area contributed by atoms with Gasteiger partial charge in [0.2, 0.25) is 0 Å². The molecular weight excluding hydrogens is 232 g/mol. The summed E-state index contributed by atoms with van der Waals surface area (Å²) in [5.41, 5.74) is 0.573. The van der Waals surface area contributed by atoms with Crippen molar-refractivity contribution in [3.63, 3.8) is 0 Å². The monoisotopic (exact) mass is 246 g/mol. The van der Waals surface area contributed by atoms with Crippen LogP contribution >= 0.6 is 0 Å². The quantitative estimate of drug-likeness (QED) is 0.818. The number of aromatic nitrogens is 2. The van der Waals surface area contributed by atoms with Crippen LogP contribution in [0, 0.1) is 0 Å². The second kappa shape index (κ2) is 5.35. The summed E-state index contributed by atoms with van der Waals surface area (Å²) in [5, 5.41) is 0. The van der Waals surface area contributed by atoms with Crippen LogP contribution in [-0.2, 0) is 6.42 Å². The van der Waals surface area contributed by atoms with E-state index in [0.29, 0.717) is 22.9 Å². The summed E-state index contributed by atoms with van der Waals surface area (Å²) >= 11 is 0. The minimum absolute atomic E-state index is 0.0223. The van der Waals surface area contributed by atoms with E-state index in [-0.39, 0.29) is 12.2 Å². The lowest BCUT2D eigenvalue weighted by Gasteiger charge is -2.08. The Labute approximate surface area is 105 Å². The van der Waals surface area contributed by atoms with Crippen molar-refractivity contribution in [3.05, 3.63) is 42.0 Å². The third-order valence-electron chi connectivity index (χ3n) is 2.59. The second-order valence-corrected chi connectivity index (χ2v) is 3.71. The Bertz CT molecular complexity index is 535. The summed E-state index contributed by atoms with van der Waals surface area (Å²) < 4.78 is 10.3. The summed E-state index contributed by atoms with van der Waals surface area (Å²) in [6.45, 7) is 0. The first kappa shape index (κ1) is 12.2. The van der Waals surface area contributed by atoms with Crippen LogP contribution in [-0.4, -0.2) is 30.0 Å². The highest BCUT2D eigenvalue weighted by Crippen LogP contribution is 2.27. The number of aromatic amines is 1. The molecule has 0 spiro atoms. The van der Waals surface area contributed by atoms with Crippen molar-refractivity contribution >= 4 is 5.78 Å². The molecule has 18 heavy (non-hydrogen) atoms. The molecule has 0 bridgehead atoms. The maximum Gasteiger partial charge on any atom is 0.170 e. The summed E-state index contributed by atoms with van der Waals surface area (Å²) in [5.74, 6) is 1.77. The fraction of sp³-hybridized carbons (Fsp3) is 0.231. The maximum absolute atomic E-state index is 12.0. The molecule has 0 amide bonds. The molecule has 0 fully saturated rings. The number of imidazole rings is 1. The minimum atomic E-state index is -0.0223. The molecule has 5 heteroatoms. The van der Waals surface area contributed by atoms with Gasteiger partial charge >= 0.3 is 0 Å². The van der Waals surface area contributed by atoms with E-state index < -0.39 is 0 Å². The van der Waals surface area contributed by atoms with Gasteiger partial charge in [0.25, 0.3) is 0 Å². The van der Waals surface area contributed by atoms with Crippen LogP contribution in [0.4, 0.5) is 0 Å². The molecule has 2 aromatic rings. The van der Waals surface area contributed by atoms with E-state index in [1.165, 1.54) is 0 Å². The first-order chi connectivity index (χ1) is 8.74. The van der Waals surface area contributed by atoms with E-state index in [0.717, 1.165) is 0 Å². The molecule has 1 N–H and O–H groups in total. The predicted molar refractivity (Wildman–Crippen MR) is 66.2 cm³/mol. The molecule has 1 aromatic carbocycles. The van der Waals surface area contributed by atoms with Gasteiger partial charge in [-0.2, -0.15) is 0 Å². The number of methoxy groups -OCH3 is 2. The average molecular weight is 246 g/mol. The number of nitrogens with one attached hydrogen (secondary N) is 1. The summed E-state index contributed by atoms with van der Waals surface area (Å²) in [4.78, 5) is 19.0. The number of benzene rings is 1. The SMILES string of the molecule is COc1ccc(C(=O)Cc2ncc[nH]2)cc1OC. The van der Waals surface area contributed by atoms with Gasteiger partial charge in [0, 0.05) is 18.0 Å². The molecule has 0 aliphatic carbocycles. The van der Waals surface area contributed by atoms with Crippen LogP contribution in [0.15, 0.2) is 30.6 Å². The van der Waals surface area contributed by atoms with E-state index >= 15 is 0 Å². The number of hydrogen-bond acceptors (Lipinski definition) is 4. The molecular formula is C13H14N2O3. The fourth-order valence-electron chi connectivity index (χ4n) is 1.66. The highest BCUT2D eigenvalue weighted by molar-refractivity contribution is 5.97. The number of rotatable bonds is 5. The summed E-state index contributed by atoms with van der Waals surface area (Å²) in [6, 6.07) is 5.10. The van der Waals surface area contributed by atoms with E-state index in [1.807, 2.05) is 0 Å². The van der Waals surface area contributed by atoms with Crippen LogP contribution in [0.25, 0.3) is 0 Å². The molecule has 2 rings (SSSR count). The van der Waals surface area contributed by atoms with Crippen molar-refractivity contribution < 1.29 is 14.3 Å². The van der Waals surface area contributed by atoms with E-state index in [9.17, 15) is 4.79 Å². The molecule has 0 aliphatic rings. The third kappa shape index (κ3) is 2.51. The highest BCUT2D eigenvalue weighted by atomic mass is 16.5. The summed E-state index contributed by atoms with van der Waals surface area (Å²) in [7, 11) is 3.10. The molecule has 1 heterocycles. The molecule has 0 unspecified atom stereocenters. The van der Waals surface area contributed by atoms with Crippen molar-refractivity contribution in [2.45, 2.75) is 6.42 Å². The first-order valence-corrected chi connectivity index (χ1v) is 5.48. The zero-order valence-corrected chi connectivity index (χ0v) is 10.3. The van der Waals surface area contributed by atoms with Crippen LogP contribution in [0.2, 0.25) is 0 Å².